The molecular formula is C27H31F3N4O5. The van der Waals surface area contributed by atoms with Gasteiger partial charge in [-0.15, -0.1) is 0 Å². The summed E-state index contributed by atoms with van der Waals surface area (Å²) in [6, 6.07) is 8.40. The Morgan fingerprint density at radius 3 is 2.41 bits per heavy atom. The number of carbonyl (C=O) groups excluding carboxylic acids is 1. The summed E-state index contributed by atoms with van der Waals surface area (Å²) < 4.78 is 48.3. The van der Waals surface area contributed by atoms with Crippen molar-refractivity contribution in [3.8, 4) is 5.69 Å². The number of halogens is 3. The zero-order chi connectivity index (χ0) is 28.4. The molecule has 0 aliphatic carbocycles. The third kappa shape index (κ3) is 6.87. The van der Waals surface area contributed by atoms with Gasteiger partial charge >= 0.3 is 18.2 Å². The van der Waals surface area contributed by atoms with Gasteiger partial charge in [0.25, 0.3) is 0 Å². The molecule has 12 heteroatoms. The van der Waals surface area contributed by atoms with Gasteiger partial charge < -0.3 is 25.2 Å². The highest BCUT2D eigenvalue weighted by atomic mass is 19.4. The van der Waals surface area contributed by atoms with Crippen molar-refractivity contribution in [3.63, 3.8) is 0 Å². The number of amides is 2. The second kappa shape index (κ2) is 11.2. The van der Waals surface area contributed by atoms with Crippen molar-refractivity contribution in [1.82, 2.24) is 14.7 Å². The summed E-state index contributed by atoms with van der Waals surface area (Å²) >= 11 is 0. The Labute approximate surface area is 223 Å². The van der Waals surface area contributed by atoms with Crippen LogP contribution in [-0.4, -0.2) is 62.2 Å². The number of carbonyl (C=O) groups is 2. The molecule has 0 bridgehead atoms. The highest BCUT2D eigenvalue weighted by molar-refractivity contribution is 5.94. The van der Waals surface area contributed by atoms with E-state index in [2.05, 4.69) is 10.4 Å². The number of piperidine rings is 1. The average Bonchev–Trinajstić information content (AvgIpc) is 3.26. The Morgan fingerprint density at radius 1 is 1.15 bits per heavy atom. The lowest BCUT2D eigenvalue weighted by molar-refractivity contribution is -0.142. The summed E-state index contributed by atoms with van der Waals surface area (Å²) in [6.45, 7) is 4.24. The first-order valence-corrected chi connectivity index (χ1v) is 12.6. The molecule has 3 aromatic rings. The molecule has 0 radical (unpaired) electrons. The van der Waals surface area contributed by atoms with E-state index in [0.717, 1.165) is 12.3 Å². The number of carboxylic acids is 1. The Balaban J connectivity index is 1.57. The van der Waals surface area contributed by atoms with Crippen LogP contribution >= 0.6 is 0 Å². The average molecular weight is 549 g/mol. The molecule has 0 saturated carbocycles. The summed E-state index contributed by atoms with van der Waals surface area (Å²) in [5, 5.41) is 26.1. The fourth-order valence-corrected chi connectivity index (χ4v) is 4.92. The van der Waals surface area contributed by atoms with Crippen LogP contribution < -0.4 is 5.32 Å². The number of nitrogens with one attached hydrogen (secondary N) is 1. The molecular weight excluding hydrogens is 517 g/mol. The largest absolute Gasteiger partial charge is 0.480 e. The van der Waals surface area contributed by atoms with E-state index in [0.29, 0.717) is 49.5 Å². The first-order valence-electron chi connectivity index (χ1n) is 12.6. The van der Waals surface area contributed by atoms with E-state index in [-0.39, 0.29) is 23.2 Å². The molecule has 1 aromatic heterocycles. The number of aliphatic hydroxyl groups is 1. The summed E-state index contributed by atoms with van der Waals surface area (Å²) in [6.07, 6.45) is -2.13. The number of likely N-dealkylation sites (tertiary alicyclic amines) is 1. The molecule has 210 valence electrons. The van der Waals surface area contributed by atoms with Crippen molar-refractivity contribution in [2.24, 2.45) is 5.92 Å². The topological polar surface area (TPSA) is 117 Å². The Morgan fingerprint density at radius 2 is 1.82 bits per heavy atom. The standard InChI is InChI=1S/C27H31F3N4O5/c1-17(2)13-26(38)7-9-33(10-8-26)25(37)32-19-11-22(27(28,29)30)21-14-31-34(23(21)12-19)20-5-3-18(4-6-20)15-39-16-24(35)36/h3-6,11-12,14,17,38H,7-10,13,15-16H2,1-2H3,(H,32,37)(H,35,36). The van der Waals surface area contributed by atoms with Crippen molar-refractivity contribution in [2.75, 3.05) is 25.0 Å². The molecule has 39 heavy (non-hydrogen) atoms. The number of aromatic nitrogens is 2. The van der Waals surface area contributed by atoms with Crippen LogP contribution in [-0.2, 0) is 22.3 Å². The van der Waals surface area contributed by atoms with Gasteiger partial charge in [-0.1, -0.05) is 26.0 Å². The number of nitrogens with zero attached hydrogens (tertiary/aromatic N) is 3. The van der Waals surface area contributed by atoms with E-state index in [9.17, 15) is 27.9 Å². The zero-order valence-electron chi connectivity index (χ0n) is 21.7. The van der Waals surface area contributed by atoms with Crippen molar-refractivity contribution in [2.45, 2.75) is 51.5 Å². The second-order valence-electron chi connectivity index (χ2n) is 10.3. The number of carboxylic acid groups (broad SMARTS) is 1. The molecule has 2 amide bonds. The number of hydrogen-bond acceptors (Lipinski definition) is 5. The first kappa shape index (κ1) is 28.4. The second-order valence-corrected chi connectivity index (χ2v) is 10.3. The van der Waals surface area contributed by atoms with Crippen LogP contribution in [0.15, 0.2) is 42.6 Å². The van der Waals surface area contributed by atoms with Gasteiger partial charge in [-0.25, -0.2) is 14.3 Å². The Bertz CT molecular complexity index is 1330. The SMILES string of the molecule is CC(C)CC1(O)CCN(C(=O)Nc2cc(C(F)(F)F)c3cnn(-c4ccc(COCC(=O)O)cc4)c3c2)CC1. The van der Waals surface area contributed by atoms with Gasteiger partial charge in [0.05, 0.1) is 35.2 Å². The molecule has 1 aliphatic rings. The summed E-state index contributed by atoms with van der Waals surface area (Å²) in [5.41, 5.74) is -0.489. The van der Waals surface area contributed by atoms with Crippen molar-refractivity contribution < 1.29 is 37.7 Å². The van der Waals surface area contributed by atoms with Gasteiger partial charge in [0.2, 0.25) is 0 Å². The number of anilines is 1. The minimum Gasteiger partial charge on any atom is -0.480 e. The lowest BCUT2D eigenvalue weighted by atomic mass is 9.84. The van der Waals surface area contributed by atoms with Crippen LogP contribution in [0.4, 0.5) is 23.7 Å². The summed E-state index contributed by atoms with van der Waals surface area (Å²) in [5.74, 6) is -0.792. The minimum absolute atomic E-state index is 0.0247. The smallest absolute Gasteiger partial charge is 0.417 e. The predicted molar refractivity (Wildman–Crippen MR) is 138 cm³/mol. The molecule has 4 rings (SSSR count). The van der Waals surface area contributed by atoms with Crippen LogP contribution in [0.1, 0.15) is 44.2 Å². The maximum absolute atomic E-state index is 14.0. The zero-order valence-corrected chi connectivity index (χ0v) is 21.7. The van der Waals surface area contributed by atoms with Gasteiger partial charge in [-0.2, -0.15) is 18.3 Å². The van der Waals surface area contributed by atoms with Crippen LogP contribution in [0, 0.1) is 5.92 Å². The number of hydrogen-bond donors (Lipinski definition) is 3. The highest BCUT2D eigenvalue weighted by Crippen LogP contribution is 2.38. The van der Waals surface area contributed by atoms with Gasteiger partial charge in [0, 0.05) is 24.2 Å². The van der Waals surface area contributed by atoms with E-state index in [1.54, 1.807) is 24.3 Å². The number of ether oxygens (including phenoxy) is 1. The molecule has 0 unspecified atom stereocenters. The van der Waals surface area contributed by atoms with Crippen LogP contribution in [0.2, 0.25) is 0 Å². The number of rotatable bonds is 8. The molecule has 9 nitrogen and oxygen atoms in total. The molecule has 1 aliphatic heterocycles. The monoisotopic (exact) mass is 548 g/mol. The van der Waals surface area contributed by atoms with Crippen molar-refractivity contribution in [1.29, 1.82) is 0 Å². The molecule has 0 spiro atoms. The third-order valence-electron chi connectivity index (χ3n) is 6.69. The van der Waals surface area contributed by atoms with Crippen LogP contribution in [0.25, 0.3) is 16.6 Å². The number of aliphatic carboxylic acids is 1. The molecule has 1 saturated heterocycles. The fourth-order valence-electron chi connectivity index (χ4n) is 4.92. The van der Waals surface area contributed by atoms with Crippen LogP contribution in [0.5, 0.6) is 0 Å². The summed E-state index contributed by atoms with van der Waals surface area (Å²) in [7, 11) is 0. The molecule has 2 aromatic carbocycles. The van der Waals surface area contributed by atoms with Crippen LogP contribution in [0.3, 0.4) is 0 Å². The fraction of sp³-hybridized carbons (Fsp3) is 0.444. The van der Waals surface area contributed by atoms with Gasteiger partial charge in [0.15, 0.2) is 0 Å². The molecule has 3 N–H and O–H groups in total. The summed E-state index contributed by atoms with van der Waals surface area (Å²) in [4.78, 5) is 25.0. The van der Waals surface area contributed by atoms with E-state index >= 15 is 0 Å². The van der Waals surface area contributed by atoms with E-state index in [1.807, 2.05) is 13.8 Å². The predicted octanol–water partition coefficient (Wildman–Crippen LogP) is 5.05. The Kier molecular flexibility index (Phi) is 8.17. The minimum atomic E-state index is -4.68. The maximum atomic E-state index is 14.0. The highest BCUT2D eigenvalue weighted by Gasteiger charge is 2.36. The van der Waals surface area contributed by atoms with Crippen molar-refractivity contribution >= 4 is 28.6 Å². The number of fused-ring (bicyclic) bond motifs is 1. The van der Waals surface area contributed by atoms with Gasteiger partial charge in [-0.3, -0.25) is 0 Å². The maximum Gasteiger partial charge on any atom is 0.417 e. The number of urea groups is 1. The Hall–Kier alpha value is -3.64. The van der Waals surface area contributed by atoms with E-state index in [1.165, 1.54) is 15.6 Å². The molecule has 0 atom stereocenters. The van der Waals surface area contributed by atoms with Gasteiger partial charge in [-0.05, 0) is 55.0 Å². The quantitative estimate of drug-likeness (QED) is 0.363. The van der Waals surface area contributed by atoms with Crippen molar-refractivity contribution in [3.05, 3.63) is 53.7 Å². The lowest BCUT2D eigenvalue weighted by Gasteiger charge is -2.39. The molecule has 1 fully saturated rings. The third-order valence-corrected chi connectivity index (χ3v) is 6.69. The first-order chi connectivity index (χ1) is 18.3. The lowest BCUT2D eigenvalue weighted by Crippen LogP contribution is -2.48. The normalized spacial score (nSPS) is 15.6. The van der Waals surface area contributed by atoms with E-state index < -0.39 is 35.9 Å². The molecule has 2 heterocycles. The van der Waals surface area contributed by atoms with Gasteiger partial charge in [0.1, 0.15) is 6.61 Å². The number of alkyl halides is 3. The van der Waals surface area contributed by atoms with E-state index in [4.69, 9.17) is 9.84 Å². The number of benzene rings is 2.